The SMILES string of the molecule is OC[C@H]1CC=CCC1. The van der Waals surface area contributed by atoms with Gasteiger partial charge in [-0.3, -0.25) is 0 Å². The van der Waals surface area contributed by atoms with Crippen molar-refractivity contribution >= 4 is 0 Å². The van der Waals surface area contributed by atoms with E-state index in [1.807, 2.05) is 0 Å². The van der Waals surface area contributed by atoms with Gasteiger partial charge in [-0.15, -0.1) is 0 Å². The van der Waals surface area contributed by atoms with Gasteiger partial charge in [0.1, 0.15) is 0 Å². The molecule has 0 spiro atoms. The number of hydrogen-bond donors (Lipinski definition) is 1. The van der Waals surface area contributed by atoms with E-state index < -0.39 is 0 Å². The summed E-state index contributed by atoms with van der Waals surface area (Å²) in [5, 5.41) is 8.66. The molecule has 0 unspecified atom stereocenters. The van der Waals surface area contributed by atoms with Crippen molar-refractivity contribution in [3.8, 4) is 0 Å². The minimum Gasteiger partial charge on any atom is -0.396 e. The average molecular weight is 112 g/mol. The second kappa shape index (κ2) is 2.88. The van der Waals surface area contributed by atoms with Crippen molar-refractivity contribution in [3.05, 3.63) is 12.2 Å². The monoisotopic (exact) mass is 112 g/mol. The van der Waals surface area contributed by atoms with Gasteiger partial charge in [0.2, 0.25) is 0 Å². The molecule has 1 heteroatoms. The molecule has 46 valence electrons. The van der Waals surface area contributed by atoms with Crippen LogP contribution in [-0.4, -0.2) is 11.7 Å². The van der Waals surface area contributed by atoms with Crippen molar-refractivity contribution < 1.29 is 5.11 Å². The predicted octanol–water partition coefficient (Wildman–Crippen LogP) is 1.33. The number of aliphatic hydroxyl groups excluding tert-OH is 1. The Labute approximate surface area is 50.0 Å². The van der Waals surface area contributed by atoms with Crippen LogP contribution in [0.25, 0.3) is 0 Å². The van der Waals surface area contributed by atoms with Gasteiger partial charge in [-0.2, -0.15) is 0 Å². The van der Waals surface area contributed by atoms with Gasteiger partial charge in [-0.05, 0) is 25.2 Å². The van der Waals surface area contributed by atoms with E-state index >= 15 is 0 Å². The second-order valence-corrected chi connectivity index (χ2v) is 2.33. The zero-order chi connectivity index (χ0) is 5.82. The highest BCUT2D eigenvalue weighted by Crippen LogP contribution is 2.16. The van der Waals surface area contributed by atoms with Gasteiger partial charge in [-0.25, -0.2) is 0 Å². The molecule has 0 aromatic heterocycles. The zero-order valence-corrected chi connectivity index (χ0v) is 5.01. The molecule has 1 rings (SSSR count). The topological polar surface area (TPSA) is 20.2 Å². The standard InChI is InChI=1S/C7H12O/c8-6-7-4-2-1-3-5-7/h1-2,7-8H,3-6H2/t7-/m0/s1. The summed E-state index contributed by atoms with van der Waals surface area (Å²) in [4.78, 5) is 0. The van der Waals surface area contributed by atoms with Crippen molar-refractivity contribution in [1.29, 1.82) is 0 Å². The van der Waals surface area contributed by atoms with E-state index in [1.54, 1.807) is 0 Å². The van der Waals surface area contributed by atoms with Crippen LogP contribution < -0.4 is 0 Å². The van der Waals surface area contributed by atoms with Crippen molar-refractivity contribution in [3.63, 3.8) is 0 Å². The van der Waals surface area contributed by atoms with E-state index in [2.05, 4.69) is 12.2 Å². The Balaban J connectivity index is 2.27. The molecule has 1 atom stereocenters. The summed E-state index contributed by atoms with van der Waals surface area (Å²) in [5.41, 5.74) is 0. The highest BCUT2D eigenvalue weighted by Gasteiger charge is 2.06. The van der Waals surface area contributed by atoms with Gasteiger partial charge in [0.05, 0.1) is 0 Å². The molecule has 8 heavy (non-hydrogen) atoms. The molecule has 1 aliphatic carbocycles. The molecular weight excluding hydrogens is 100 g/mol. The Bertz CT molecular complexity index is 86.4. The number of allylic oxidation sites excluding steroid dienone is 2. The highest BCUT2D eigenvalue weighted by atomic mass is 16.3. The smallest absolute Gasteiger partial charge is 0.0462 e. The van der Waals surface area contributed by atoms with Crippen LogP contribution in [-0.2, 0) is 0 Å². The van der Waals surface area contributed by atoms with Crippen LogP contribution in [0.4, 0.5) is 0 Å². The minimum absolute atomic E-state index is 0.365. The molecule has 0 fully saturated rings. The lowest BCUT2D eigenvalue weighted by atomic mass is 9.96. The maximum absolute atomic E-state index is 8.66. The number of rotatable bonds is 1. The van der Waals surface area contributed by atoms with Gasteiger partial charge in [-0.1, -0.05) is 12.2 Å². The molecule has 0 aromatic rings. The van der Waals surface area contributed by atoms with E-state index in [4.69, 9.17) is 5.11 Å². The Hall–Kier alpha value is -0.300. The molecule has 0 radical (unpaired) electrons. The minimum atomic E-state index is 0.365. The van der Waals surface area contributed by atoms with Gasteiger partial charge >= 0.3 is 0 Å². The Morgan fingerprint density at radius 2 is 2.38 bits per heavy atom. The van der Waals surface area contributed by atoms with Crippen molar-refractivity contribution in [2.24, 2.45) is 5.92 Å². The largest absolute Gasteiger partial charge is 0.396 e. The molecule has 0 saturated carbocycles. The fourth-order valence-electron chi connectivity index (χ4n) is 1.02. The third kappa shape index (κ3) is 1.34. The molecule has 1 nitrogen and oxygen atoms in total. The van der Waals surface area contributed by atoms with Gasteiger partial charge in [0.25, 0.3) is 0 Å². The van der Waals surface area contributed by atoms with E-state index in [9.17, 15) is 0 Å². The zero-order valence-electron chi connectivity index (χ0n) is 5.01. The second-order valence-electron chi connectivity index (χ2n) is 2.33. The first-order valence-corrected chi connectivity index (χ1v) is 3.19. The lowest BCUT2D eigenvalue weighted by Gasteiger charge is -2.13. The van der Waals surface area contributed by atoms with E-state index in [-0.39, 0.29) is 0 Å². The van der Waals surface area contributed by atoms with Crippen LogP contribution in [0.3, 0.4) is 0 Å². The molecule has 0 saturated heterocycles. The number of aliphatic hydroxyl groups is 1. The first-order chi connectivity index (χ1) is 3.93. The summed E-state index contributed by atoms with van der Waals surface area (Å²) in [6.07, 6.45) is 7.76. The third-order valence-corrected chi connectivity index (χ3v) is 1.64. The summed E-state index contributed by atoms with van der Waals surface area (Å²) in [5.74, 6) is 0.556. The van der Waals surface area contributed by atoms with Crippen molar-refractivity contribution in [2.75, 3.05) is 6.61 Å². The van der Waals surface area contributed by atoms with Gasteiger partial charge < -0.3 is 5.11 Å². The molecule has 1 aliphatic rings. The summed E-state index contributed by atoms with van der Waals surface area (Å²) >= 11 is 0. The maximum atomic E-state index is 8.66. The molecular formula is C7H12O. The normalized spacial score (nSPS) is 28.4. The van der Waals surface area contributed by atoms with Gasteiger partial charge in [0, 0.05) is 6.61 Å². The lowest BCUT2D eigenvalue weighted by Crippen LogP contribution is -2.06. The highest BCUT2D eigenvalue weighted by molar-refractivity contribution is 4.89. The van der Waals surface area contributed by atoms with Crippen LogP contribution >= 0.6 is 0 Å². The molecule has 1 N–H and O–H groups in total. The molecule has 0 heterocycles. The maximum Gasteiger partial charge on any atom is 0.0462 e. The fraction of sp³-hybridized carbons (Fsp3) is 0.714. The van der Waals surface area contributed by atoms with Crippen LogP contribution in [0.5, 0.6) is 0 Å². The van der Waals surface area contributed by atoms with Crippen molar-refractivity contribution in [2.45, 2.75) is 19.3 Å². The van der Waals surface area contributed by atoms with E-state index in [1.165, 1.54) is 6.42 Å². The summed E-state index contributed by atoms with van der Waals surface area (Å²) < 4.78 is 0. The number of hydrogen-bond acceptors (Lipinski definition) is 1. The van der Waals surface area contributed by atoms with E-state index in [0.717, 1.165) is 12.8 Å². The average Bonchev–Trinajstić information content (AvgIpc) is 1.90. The Morgan fingerprint density at radius 1 is 1.50 bits per heavy atom. The Morgan fingerprint density at radius 3 is 2.75 bits per heavy atom. The first-order valence-electron chi connectivity index (χ1n) is 3.19. The predicted molar refractivity (Wildman–Crippen MR) is 33.6 cm³/mol. The van der Waals surface area contributed by atoms with E-state index in [0.29, 0.717) is 12.5 Å². The van der Waals surface area contributed by atoms with Crippen molar-refractivity contribution in [1.82, 2.24) is 0 Å². The third-order valence-electron chi connectivity index (χ3n) is 1.64. The first kappa shape index (κ1) is 5.83. The van der Waals surface area contributed by atoms with Crippen LogP contribution in [0.15, 0.2) is 12.2 Å². The fourth-order valence-corrected chi connectivity index (χ4v) is 1.02. The summed E-state index contributed by atoms with van der Waals surface area (Å²) in [6, 6.07) is 0. The molecule has 0 aromatic carbocycles. The van der Waals surface area contributed by atoms with Crippen LogP contribution in [0.2, 0.25) is 0 Å². The summed E-state index contributed by atoms with van der Waals surface area (Å²) in [6.45, 7) is 0.365. The lowest BCUT2D eigenvalue weighted by molar-refractivity contribution is 0.217. The molecule has 0 bridgehead atoms. The Kier molecular flexibility index (Phi) is 2.10. The van der Waals surface area contributed by atoms with Gasteiger partial charge in [0.15, 0.2) is 0 Å². The summed E-state index contributed by atoms with van der Waals surface area (Å²) in [7, 11) is 0. The molecule has 0 amide bonds. The van der Waals surface area contributed by atoms with Crippen LogP contribution in [0.1, 0.15) is 19.3 Å². The quantitative estimate of drug-likeness (QED) is 0.507. The van der Waals surface area contributed by atoms with Crippen LogP contribution in [0, 0.1) is 5.92 Å². The molecule has 0 aliphatic heterocycles.